The van der Waals surface area contributed by atoms with E-state index in [9.17, 15) is 9.18 Å². The number of aromatic nitrogens is 1. The van der Waals surface area contributed by atoms with Crippen LogP contribution < -0.4 is 4.80 Å². The fourth-order valence-electron chi connectivity index (χ4n) is 2.86. The van der Waals surface area contributed by atoms with Crippen LogP contribution in [0.2, 0.25) is 0 Å². The minimum absolute atomic E-state index is 0.0915. The maximum atomic E-state index is 14.1. The van der Waals surface area contributed by atoms with Gasteiger partial charge in [0.05, 0.1) is 29.8 Å². The van der Waals surface area contributed by atoms with Crippen LogP contribution in [-0.4, -0.2) is 23.2 Å². The monoisotopic (exact) mass is 387 g/mol. The summed E-state index contributed by atoms with van der Waals surface area (Å²) in [6.45, 7) is 7.64. The van der Waals surface area contributed by atoms with Crippen molar-refractivity contribution >= 4 is 17.2 Å². The third-order valence-corrected chi connectivity index (χ3v) is 5.85. The van der Waals surface area contributed by atoms with Crippen LogP contribution in [0.25, 0.3) is 0 Å². The number of rotatable bonds is 3. The highest BCUT2D eigenvalue weighted by Crippen LogP contribution is 2.25. The minimum Gasteiger partial charge on any atom is -0.376 e. The number of carbonyl (C=O) groups is 1. The molecule has 3 rings (SSSR count). The summed E-state index contributed by atoms with van der Waals surface area (Å²) in [6, 6.07) is 5.62. The predicted molar refractivity (Wildman–Crippen MR) is 101 cm³/mol. The van der Waals surface area contributed by atoms with Gasteiger partial charge in [0.2, 0.25) is 0 Å². The van der Waals surface area contributed by atoms with Crippen molar-refractivity contribution in [3.8, 4) is 6.07 Å². The van der Waals surface area contributed by atoms with Crippen LogP contribution in [0, 0.1) is 17.1 Å². The molecule has 1 aliphatic heterocycles. The molecule has 142 valence electrons. The summed E-state index contributed by atoms with van der Waals surface area (Å²) in [4.78, 5) is 18.4. The van der Waals surface area contributed by atoms with E-state index in [1.54, 1.807) is 0 Å². The number of carbonyl (C=O) groups excluding carboxylic acids is 1. The number of ether oxygens (including phenoxy) is 1. The van der Waals surface area contributed by atoms with Crippen molar-refractivity contribution in [3.05, 3.63) is 51.0 Å². The van der Waals surface area contributed by atoms with Gasteiger partial charge in [-0.15, -0.1) is 11.3 Å². The van der Waals surface area contributed by atoms with Crippen LogP contribution in [0.1, 0.15) is 54.4 Å². The maximum Gasteiger partial charge on any atom is 0.282 e. The normalized spacial score (nSPS) is 17.9. The van der Waals surface area contributed by atoms with Crippen LogP contribution in [0.4, 0.5) is 4.39 Å². The lowest BCUT2D eigenvalue weighted by atomic mass is 9.95. The molecule has 0 radical (unpaired) electrons. The van der Waals surface area contributed by atoms with Crippen molar-refractivity contribution in [2.75, 3.05) is 6.61 Å². The van der Waals surface area contributed by atoms with Crippen molar-refractivity contribution in [2.24, 2.45) is 4.99 Å². The molecule has 0 N–H and O–H groups in total. The Kier molecular flexibility index (Phi) is 5.59. The van der Waals surface area contributed by atoms with Gasteiger partial charge in [-0.3, -0.25) is 4.79 Å². The van der Waals surface area contributed by atoms with Gasteiger partial charge < -0.3 is 9.30 Å². The summed E-state index contributed by atoms with van der Waals surface area (Å²) >= 11 is 1.42. The zero-order valence-corrected chi connectivity index (χ0v) is 16.5. The molecule has 2 aromatic rings. The van der Waals surface area contributed by atoms with Gasteiger partial charge >= 0.3 is 0 Å². The summed E-state index contributed by atoms with van der Waals surface area (Å²) in [7, 11) is 0. The molecule has 5 nitrogen and oxygen atoms in total. The van der Waals surface area contributed by atoms with Gasteiger partial charge in [0.1, 0.15) is 5.82 Å². The molecule has 0 spiro atoms. The SMILES string of the molecule is CC(C)(C)c1cn(C[C@H]2CCCO2)/c(=N/C(=O)c2cc(C#N)ccc2F)s1. The van der Waals surface area contributed by atoms with Gasteiger partial charge in [-0.25, -0.2) is 4.39 Å². The Morgan fingerprint density at radius 1 is 1.48 bits per heavy atom. The summed E-state index contributed by atoms with van der Waals surface area (Å²) in [5.74, 6) is -1.37. The zero-order valence-electron chi connectivity index (χ0n) is 15.7. The highest BCUT2D eigenvalue weighted by molar-refractivity contribution is 7.09. The molecule has 1 aromatic carbocycles. The van der Waals surface area contributed by atoms with Crippen LogP contribution in [0.3, 0.4) is 0 Å². The molecule has 0 bridgehead atoms. The second-order valence-corrected chi connectivity index (χ2v) is 8.65. The van der Waals surface area contributed by atoms with Crippen molar-refractivity contribution in [1.29, 1.82) is 5.26 Å². The Morgan fingerprint density at radius 3 is 2.89 bits per heavy atom. The second kappa shape index (κ2) is 7.75. The number of hydrogen-bond acceptors (Lipinski definition) is 4. The molecule has 0 unspecified atom stereocenters. The molecule has 1 atom stereocenters. The third-order valence-electron chi connectivity index (χ3n) is 4.41. The lowest BCUT2D eigenvalue weighted by molar-refractivity contribution is 0.0948. The smallest absolute Gasteiger partial charge is 0.282 e. The molecule has 0 aliphatic carbocycles. The van der Waals surface area contributed by atoms with Crippen LogP contribution in [-0.2, 0) is 16.7 Å². The largest absolute Gasteiger partial charge is 0.376 e. The first kappa shape index (κ1) is 19.5. The average molecular weight is 387 g/mol. The minimum atomic E-state index is -0.687. The first-order valence-electron chi connectivity index (χ1n) is 8.89. The molecule has 0 saturated carbocycles. The number of nitrogens with zero attached hydrogens (tertiary/aromatic N) is 3. The molecule has 2 heterocycles. The highest BCUT2D eigenvalue weighted by atomic mass is 32.1. The summed E-state index contributed by atoms with van der Waals surface area (Å²) in [5, 5.41) is 8.99. The molecule has 27 heavy (non-hydrogen) atoms. The Balaban J connectivity index is 2.02. The number of benzene rings is 1. The highest BCUT2D eigenvalue weighted by Gasteiger charge is 2.22. The van der Waals surface area contributed by atoms with E-state index in [0.717, 1.165) is 30.4 Å². The topological polar surface area (TPSA) is 67.4 Å². The average Bonchev–Trinajstić information content (AvgIpc) is 3.26. The Labute approximate surface area is 161 Å². The molecule has 1 aliphatic rings. The van der Waals surface area contributed by atoms with Gasteiger partial charge in [-0.1, -0.05) is 20.8 Å². The van der Waals surface area contributed by atoms with E-state index in [2.05, 4.69) is 25.8 Å². The van der Waals surface area contributed by atoms with E-state index in [0.29, 0.717) is 11.3 Å². The van der Waals surface area contributed by atoms with Gasteiger partial charge in [0, 0.05) is 17.7 Å². The van der Waals surface area contributed by atoms with Gasteiger partial charge in [0.25, 0.3) is 5.91 Å². The van der Waals surface area contributed by atoms with Crippen molar-refractivity contribution in [1.82, 2.24) is 4.57 Å². The number of halogens is 1. The fourth-order valence-corrected chi connectivity index (χ4v) is 3.91. The zero-order chi connectivity index (χ0) is 19.6. The van der Waals surface area contributed by atoms with Crippen LogP contribution in [0.5, 0.6) is 0 Å². The van der Waals surface area contributed by atoms with Crippen molar-refractivity contribution < 1.29 is 13.9 Å². The van der Waals surface area contributed by atoms with Gasteiger partial charge in [-0.05, 0) is 36.5 Å². The molecular weight excluding hydrogens is 365 g/mol. The Morgan fingerprint density at radius 2 is 2.26 bits per heavy atom. The Hall–Kier alpha value is -2.30. The summed E-state index contributed by atoms with van der Waals surface area (Å²) in [5.41, 5.74) is -0.0571. The van der Waals surface area contributed by atoms with E-state index >= 15 is 0 Å². The second-order valence-electron chi connectivity index (χ2n) is 7.64. The molecule has 1 amide bonds. The van der Waals surface area contributed by atoms with E-state index in [1.165, 1.54) is 23.5 Å². The first-order chi connectivity index (χ1) is 12.8. The van der Waals surface area contributed by atoms with Crippen LogP contribution >= 0.6 is 11.3 Å². The maximum absolute atomic E-state index is 14.1. The molecular formula is C20H22FN3O2S. The number of amides is 1. The van der Waals surface area contributed by atoms with E-state index < -0.39 is 11.7 Å². The van der Waals surface area contributed by atoms with Gasteiger partial charge in [-0.2, -0.15) is 10.3 Å². The number of thiazole rings is 1. The molecule has 1 aromatic heterocycles. The van der Waals surface area contributed by atoms with Crippen molar-refractivity contribution in [3.63, 3.8) is 0 Å². The predicted octanol–water partition coefficient (Wildman–Crippen LogP) is 3.78. The Bertz CT molecular complexity index is 957. The standard InChI is InChI=1S/C20H22FN3O2S/c1-20(2,3)17-12-24(11-14-5-4-8-26-14)19(27-17)23-18(25)15-9-13(10-22)6-7-16(15)21/h6-7,9,12,14H,4-5,8,11H2,1-3H3/b23-19-/t14-/m1/s1. The number of nitriles is 1. The summed E-state index contributed by atoms with van der Waals surface area (Å²) < 4.78 is 21.7. The number of hydrogen-bond donors (Lipinski definition) is 0. The fraction of sp³-hybridized carbons (Fsp3) is 0.450. The van der Waals surface area contributed by atoms with E-state index in [-0.39, 0.29) is 22.6 Å². The first-order valence-corrected chi connectivity index (χ1v) is 9.70. The van der Waals surface area contributed by atoms with Gasteiger partial charge in [0.15, 0.2) is 4.80 Å². The quantitative estimate of drug-likeness (QED) is 0.805. The summed E-state index contributed by atoms with van der Waals surface area (Å²) in [6.07, 6.45) is 4.10. The van der Waals surface area contributed by atoms with E-state index in [4.69, 9.17) is 10.00 Å². The molecule has 1 saturated heterocycles. The van der Waals surface area contributed by atoms with Crippen molar-refractivity contribution in [2.45, 2.75) is 51.7 Å². The third kappa shape index (κ3) is 4.52. The molecule has 1 fully saturated rings. The lowest BCUT2D eigenvalue weighted by Gasteiger charge is -2.15. The lowest BCUT2D eigenvalue weighted by Crippen LogP contribution is -2.23. The van der Waals surface area contributed by atoms with Crippen LogP contribution in [0.15, 0.2) is 29.4 Å². The van der Waals surface area contributed by atoms with E-state index in [1.807, 2.05) is 16.8 Å². The molecule has 7 heteroatoms.